The average molecular weight is 433 g/mol. The van der Waals surface area contributed by atoms with Crippen molar-refractivity contribution in [1.29, 1.82) is 0 Å². The van der Waals surface area contributed by atoms with Crippen LogP contribution in [0.4, 0.5) is 5.69 Å². The number of hydrogen-bond acceptors (Lipinski definition) is 6. The van der Waals surface area contributed by atoms with Crippen molar-refractivity contribution < 1.29 is 9.15 Å². The lowest BCUT2D eigenvalue weighted by Crippen LogP contribution is -2.31. The molecule has 1 aromatic heterocycles. The van der Waals surface area contributed by atoms with Gasteiger partial charge in [0.1, 0.15) is 5.75 Å². The van der Waals surface area contributed by atoms with E-state index in [1.165, 1.54) is 12.1 Å². The Balaban J connectivity index is 1.35. The first-order chi connectivity index (χ1) is 15.6. The summed E-state index contributed by atoms with van der Waals surface area (Å²) in [6, 6.07) is 17.0. The van der Waals surface area contributed by atoms with E-state index in [1.807, 2.05) is 36.4 Å². The molecule has 1 atom stereocenters. The van der Waals surface area contributed by atoms with E-state index in [0.29, 0.717) is 17.8 Å². The topological polar surface area (TPSA) is 54.6 Å². The van der Waals surface area contributed by atoms with Crippen LogP contribution in [0.2, 0.25) is 0 Å². The summed E-state index contributed by atoms with van der Waals surface area (Å²) >= 11 is 0. The lowest BCUT2D eigenvalue weighted by atomic mass is 10.2. The number of unbranched alkanes of at least 4 members (excludes halogenated alkanes) is 1. The highest BCUT2D eigenvalue weighted by atomic mass is 16.5. The van der Waals surface area contributed by atoms with Gasteiger partial charge in [0.05, 0.1) is 6.61 Å². The minimum absolute atomic E-state index is 0.487. The molecule has 0 aliphatic carbocycles. The van der Waals surface area contributed by atoms with Gasteiger partial charge in [0.2, 0.25) is 11.8 Å². The Bertz CT molecular complexity index is 1010. The third kappa shape index (κ3) is 5.56. The summed E-state index contributed by atoms with van der Waals surface area (Å²) in [7, 11) is 4.30. The fraction of sp³-hybridized carbons (Fsp3) is 0.385. The monoisotopic (exact) mass is 432 g/mol. The third-order valence-corrected chi connectivity index (χ3v) is 5.88. The summed E-state index contributed by atoms with van der Waals surface area (Å²) in [4.78, 5) is 4.73. The second-order valence-corrected chi connectivity index (χ2v) is 8.45. The van der Waals surface area contributed by atoms with Crippen LogP contribution in [-0.2, 0) is 0 Å². The van der Waals surface area contributed by atoms with Crippen molar-refractivity contribution in [2.75, 3.05) is 38.7 Å². The number of nitrogens with zero attached hydrogens (tertiary/aromatic N) is 4. The molecule has 3 aromatic rings. The van der Waals surface area contributed by atoms with Gasteiger partial charge in [-0.2, -0.15) is 0 Å². The van der Waals surface area contributed by atoms with Gasteiger partial charge in [-0.1, -0.05) is 25.5 Å². The van der Waals surface area contributed by atoms with E-state index in [2.05, 4.69) is 65.3 Å². The molecule has 0 spiro atoms. The number of aromatic nitrogens is 2. The van der Waals surface area contributed by atoms with Crippen LogP contribution in [0.25, 0.3) is 23.6 Å². The van der Waals surface area contributed by atoms with Crippen LogP contribution in [-0.4, -0.2) is 54.9 Å². The summed E-state index contributed by atoms with van der Waals surface area (Å²) < 4.78 is 11.5. The molecule has 1 unspecified atom stereocenters. The Morgan fingerprint density at radius 1 is 1.06 bits per heavy atom. The zero-order chi connectivity index (χ0) is 22.3. The Hall–Kier alpha value is -3.12. The van der Waals surface area contributed by atoms with Crippen molar-refractivity contribution >= 4 is 17.8 Å². The van der Waals surface area contributed by atoms with E-state index in [9.17, 15) is 0 Å². The van der Waals surface area contributed by atoms with Crippen molar-refractivity contribution in [3.63, 3.8) is 0 Å². The van der Waals surface area contributed by atoms with E-state index >= 15 is 0 Å². The number of rotatable bonds is 9. The lowest BCUT2D eigenvalue weighted by Gasteiger charge is -2.21. The molecule has 32 heavy (non-hydrogen) atoms. The van der Waals surface area contributed by atoms with Gasteiger partial charge in [0.15, 0.2) is 0 Å². The van der Waals surface area contributed by atoms with Gasteiger partial charge >= 0.3 is 0 Å². The molecule has 2 heterocycles. The van der Waals surface area contributed by atoms with Crippen LogP contribution < -0.4 is 9.64 Å². The largest absolute Gasteiger partial charge is 0.494 e. The minimum atomic E-state index is 0.487. The molecule has 1 saturated heterocycles. The van der Waals surface area contributed by atoms with E-state index in [4.69, 9.17) is 9.15 Å². The van der Waals surface area contributed by atoms with E-state index in [0.717, 1.165) is 49.4 Å². The van der Waals surface area contributed by atoms with Crippen LogP contribution in [0.3, 0.4) is 0 Å². The first-order valence-corrected chi connectivity index (χ1v) is 11.4. The van der Waals surface area contributed by atoms with Crippen LogP contribution in [0.1, 0.15) is 37.6 Å². The highest BCUT2D eigenvalue weighted by molar-refractivity contribution is 5.67. The molecule has 168 valence electrons. The zero-order valence-electron chi connectivity index (χ0n) is 19.2. The molecule has 0 saturated carbocycles. The normalized spacial score (nSPS) is 16.4. The molecular weight excluding hydrogens is 400 g/mol. The maximum atomic E-state index is 5.84. The van der Waals surface area contributed by atoms with Crippen molar-refractivity contribution in [3.8, 4) is 17.2 Å². The van der Waals surface area contributed by atoms with E-state index in [-0.39, 0.29) is 0 Å². The second kappa shape index (κ2) is 10.5. The maximum Gasteiger partial charge on any atom is 0.248 e. The van der Waals surface area contributed by atoms with Gasteiger partial charge in [0, 0.05) is 36.5 Å². The highest BCUT2D eigenvalue weighted by Gasteiger charge is 2.24. The molecule has 0 radical (unpaired) electrons. The standard InChI is InChI=1S/C26H32N4O2/c1-4-5-18-31-24-13-6-20(7-14-24)8-15-25-27-28-26(32-25)21-9-11-22(12-10-21)30-17-16-23(19-30)29(2)3/h6-15,23H,4-5,16-19H2,1-3H3. The molecule has 1 aliphatic rings. The lowest BCUT2D eigenvalue weighted by molar-refractivity contribution is 0.309. The molecule has 1 aliphatic heterocycles. The molecular formula is C26H32N4O2. The third-order valence-electron chi connectivity index (χ3n) is 5.88. The van der Waals surface area contributed by atoms with Crippen LogP contribution in [0.15, 0.2) is 52.9 Å². The summed E-state index contributed by atoms with van der Waals surface area (Å²) in [5, 5.41) is 8.37. The number of benzene rings is 2. The fourth-order valence-corrected chi connectivity index (χ4v) is 3.81. The summed E-state index contributed by atoms with van der Waals surface area (Å²) in [6.07, 6.45) is 7.20. The molecule has 2 aromatic carbocycles. The van der Waals surface area contributed by atoms with Gasteiger partial charge in [-0.25, -0.2) is 0 Å². The van der Waals surface area contributed by atoms with Crippen LogP contribution >= 0.6 is 0 Å². The Morgan fingerprint density at radius 2 is 1.84 bits per heavy atom. The summed E-state index contributed by atoms with van der Waals surface area (Å²) in [5.74, 6) is 1.91. The molecule has 0 bridgehead atoms. The molecule has 1 fully saturated rings. The van der Waals surface area contributed by atoms with Gasteiger partial charge in [0.25, 0.3) is 0 Å². The summed E-state index contributed by atoms with van der Waals surface area (Å²) in [5.41, 5.74) is 3.22. The average Bonchev–Trinajstić information content (AvgIpc) is 3.49. The Kier molecular flexibility index (Phi) is 7.22. The zero-order valence-corrected chi connectivity index (χ0v) is 19.2. The fourth-order valence-electron chi connectivity index (χ4n) is 3.81. The van der Waals surface area contributed by atoms with Crippen molar-refractivity contribution in [2.24, 2.45) is 0 Å². The van der Waals surface area contributed by atoms with Gasteiger partial charge in [-0.3, -0.25) is 0 Å². The first kappa shape index (κ1) is 22.1. The molecule has 0 amide bonds. The van der Waals surface area contributed by atoms with Crippen molar-refractivity contribution in [3.05, 3.63) is 60.0 Å². The van der Waals surface area contributed by atoms with Crippen molar-refractivity contribution in [2.45, 2.75) is 32.2 Å². The predicted octanol–water partition coefficient (Wildman–Crippen LogP) is 5.23. The van der Waals surface area contributed by atoms with Crippen LogP contribution in [0.5, 0.6) is 5.75 Å². The van der Waals surface area contributed by atoms with Gasteiger partial charge in [-0.15, -0.1) is 10.2 Å². The number of likely N-dealkylation sites (N-methyl/N-ethyl adjacent to an activating group) is 1. The smallest absolute Gasteiger partial charge is 0.248 e. The maximum absolute atomic E-state index is 5.84. The Labute approximate surface area is 190 Å². The quantitative estimate of drug-likeness (QED) is 0.432. The van der Waals surface area contributed by atoms with E-state index < -0.39 is 0 Å². The first-order valence-electron chi connectivity index (χ1n) is 11.4. The SMILES string of the molecule is CCCCOc1ccc(C=Cc2nnc(-c3ccc(N4CCC(N(C)C)C4)cc3)o2)cc1. The molecule has 0 N–H and O–H groups in total. The van der Waals surface area contributed by atoms with E-state index in [1.54, 1.807) is 0 Å². The second-order valence-electron chi connectivity index (χ2n) is 8.45. The Morgan fingerprint density at radius 3 is 2.53 bits per heavy atom. The van der Waals surface area contributed by atoms with Gasteiger partial charge < -0.3 is 19.0 Å². The number of hydrogen-bond donors (Lipinski definition) is 0. The molecule has 6 nitrogen and oxygen atoms in total. The predicted molar refractivity (Wildman–Crippen MR) is 130 cm³/mol. The number of ether oxygens (including phenoxy) is 1. The molecule has 4 rings (SSSR count). The minimum Gasteiger partial charge on any atom is -0.494 e. The van der Waals surface area contributed by atoms with Crippen LogP contribution in [0, 0.1) is 0 Å². The van der Waals surface area contributed by atoms with Crippen molar-refractivity contribution in [1.82, 2.24) is 15.1 Å². The number of anilines is 1. The highest BCUT2D eigenvalue weighted by Crippen LogP contribution is 2.26. The summed E-state index contributed by atoms with van der Waals surface area (Å²) in [6.45, 7) is 5.06. The van der Waals surface area contributed by atoms with Gasteiger partial charge in [-0.05, 0) is 75.0 Å². The molecule has 6 heteroatoms.